The number of rotatable bonds is 5. The van der Waals surface area contributed by atoms with Gasteiger partial charge in [-0.2, -0.15) is 0 Å². The molecule has 0 unspecified atom stereocenters. The van der Waals surface area contributed by atoms with Crippen LogP contribution in [0, 0.1) is 0 Å². The maximum absolute atomic E-state index is 11.8. The highest BCUT2D eigenvalue weighted by Gasteiger charge is 2.12. The number of hydrazine groups is 1. The van der Waals surface area contributed by atoms with Gasteiger partial charge in [0.25, 0.3) is 0 Å². The first-order valence-electron chi connectivity index (χ1n) is 6.96. The quantitative estimate of drug-likeness (QED) is 0.502. The third-order valence-electron chi connectivity index (χ3n) is 3.05. The molecule has 0 aliphatic rings. The van der Waals surface area contributed by atoms with Crippen molar-refractivity contribution in [1.82, 2.24) is 15.4 Å². The van der Waals surface area contributed by atoms with E-state index in [9.17, 15) is 4.79 Å². The number of aromatic nitrogens is 2. The second kappa shape index (κ2) is 7.29. The maximum Gasteiger partial charge on any atom is 0.305 e. The van der Waals surface area contributed by atoms with Crippen LogP contribution < -0.4 is 21.9 Å². The molecule has 0 fully saturated rings. The van der Waals surface area contributed by atoms with Gasteiger partial charge in [-0.1, -0.05) is 23.2 Å². The lowest BCUT2D eigenvalue weighted by molar-refractivity contribution is 0.0935. The van der Waals surface area contributed by atoms with Crippen molar-refractivity contribution >= 4 is 52.1 Å². The van der Waals surface area contributed by atoms with Crippen LogP contribution in [0.4, 0.5) is 23.0 Å². The summed E-state index contributed by atoms with van der Waals surface area (Å²) in [6.45, 7) is 0. The fraction of sp³-hybridized carbons (Fsp3) is 0. The third-order valence-corrected chi connectivity index (χ3v) is 3.49. The molecule has 0 saturated carbocycles. The molecule has 1 aromatic carbocycles. The first kappa shape index (κ1) is 16.9. The smallest absolute Gasteiger partial charge is 0.305 e. The number of hydrogen-bond donors (Lipinski definition) is 4. The number of carbonyl (C=O) groups is 1. The van der Waals surface area contributed by atoms with E-state index in [0.717, 1.165) is 0 Å². The fourth-order valence-electron chi connectivity index (χ4n) is 1.94. The van der Waals surface area contributed by atoms with Gasteiger partial charge in [0, 0.05) is 15.7 Å². The van der Waals surface area contributed by atoms with Crippen LogP contribution in [-0.4, -0.2) is 15.9 Å². The molecule has 0 bridgehead atoms. The lowest BCUT2D eigenvalue weighted by atomic mass is 10.3. The highest BCUT2D eigenvalue weighted by molar-refractivity contribution is 6.35. The van der Waals surface area contributed by atoms with Gasteiger partial charge in [0.2, 0.25) is 0 Å². The summed E-state index contributed by atoms with van der Waals surface area (Å²) in [6.07, 6.45) is 2.68. The molecule has 3 rings (SSSR count). The summed E-state index contributed by atoms with van der Waals surface area (Å²) in [7, 11) is 0. The summed E-state index contributed by atoms with van der Waals surface area (Å²) in [6, 6.07) is 8.07. The van der Waals surface area contributed by atoms with E-state index in [1.165, 1.54) is 18.7 Å². The zero-order valence-corrected chi connectivity index (χ0v) is 14.1. The Morgan fingerprint density at radius 2 is 1.84 bits per heavy atom. The number of nitrogen functional groups attached to an aromatic ring is 1. The SMILES string of the molecule is Nc1c(NNC(=O)c2ccco2)ncnc1Nc1cc(Cl)cc(Cl)c1. The van der Waals surface area contributed by atoms with Crippen LogP contribution in [0.25, 0.3) is 0 Å². The molecule has 10 heteroatoms. The van der Waals surface area contributed by atoms with Gasteiger partial charge in [0.05, 0.1) is 6.26 Å². The van der Waals surface area contributed by atoms with Gasteiger partial charge >= 0.3 is 5.91 Å². The van der Waals surface area contributed by atoms with Crippen LogP contribution in [-0.2, 0) is 0 Å². The molecular weight excluding hydrogens is 367 g/mol. The molecule has 1 amide bonds. The first-order valence-corrected chi connectivity index (χ1v) is 7.72. The Morgan fingerprint density at radius 1 is 1.12 bits per heavy atom. The van der Waals surface area contributed by atoms with Gasteiger partial charge in [-0.3, -0.25) is 15.6 Å². The summed E-state index contributed by atoms with van der Waals surface area (Å²) >= 11 is 11.9. The highest BCUT2D eigenvalue weighted by Crippen LogP contribution is 2.28. The number of nitrogens with zero attached hydrogens (tertiary/aromatic N) is 2. The number of nitrogens with one attached hydrogen (secondary N) is 3. The molecule has 2 heterocycles. The maximum atomic E-state index is 11.8. The largest absolute Gasteiger partial charge is 0.459 e. The van der Waals surface area contributed by atoms with Crippen LogP contribution in [0.5, 0.6) is 0 Å². The Labute approximate surface area is 152 Å². The minimum Gasteiger partial charge on any atom is -0.459 e. The molecule has 0 radical (unpaired) electrons. The number of anilines is 4. The topological polar surface area (TPSA) is 118 Å². The number of halogens is 2. The molecule has 0 saturated heterocycles. The van der Waals surface area contributed by atoms with Gasteiger partial charge in [0.1, 0.15) is 12.0 Å². The predicted octanol–water partition coefficient (Wildman–Crippen LogP) is 3.46. The van der Waals surface area contributed by atoms with E-state index in [-0.39, 0.29) is 17.3 Å². The number of furan rings is 1. The Kier molecular flexibility index (Phi) is 4.92. The molecule has 5 N–H and O–H groups in total. The fourth-order valence-corrected chi connectivity index (χ4v) is 2.47. The van der Waals surface area contributed by atoms with Crippen LogP contribution in [0.2, 0.25) is 10.0 Å². The van der Waals surface area contributed by atoms with Crippen LogP contribution in [0.15, 0.2) is 47.3 Å². The minimum atomic E-state index is -0.473. The lowest BCUT2D eigenvalue weighted by Crippen LogP contribution is -2.30. The number of nitrogens with two attached hydrogens (primary N) is 1. The van der Waals surface area contributed by atoms with E-state index in [2.05, 4.69) is 26.1 Å². The van der Waals surface area contributed by atoms with Gasteiger partial charge in [-0.05, 0) is 30.3 Å². The summed E-state index contributed by atoms with van der Waals surface area (Å²) in [5, 5.41) is 3.92. The zero-order chi connectivity index (χ0) is 17.8. The molecule has 2 aromatic heterocycles. The number of carbonyl (C=O) groups excluding carboxylic acids is 1. The van der Waals surface area contributed by atoms with Crippen molar-refractivity contribution in [2.45, 2.75) is 0 Å². The summed E-state index contributed by atoms with van der Waals surface area (Å²) in [5.41, 5.74) is 11.9. The van der Waals surface area contributed by atoms with Crippen molar-refractivity contribution < 1.29 is 9.21 Å². The molecule has 0 aliphatic carbocycles. The standard InChI is InChI=1S/C15H12Cl2N6O2/c16-8-4-9(17)6-10(5-8)21-13-12(18)14(20-7-19-13)22-23-15(24)11-2-1-3-25-11/h1-7H,18H2,(H,23,24)(H2,19,20,21,22). The average Bonchev–Trinajstić information content (AvgIpc) is 3.09. The van der Waals surface area contributed by atoms with Crippen molar-refractivity contribution in [3.63, 3.8) is 0 Å². The normalized spacial score (nSPS) is 10.3. The lowest BCUT2D eigenvalue weighted by Gasteiger charge is -2.13. The monoisotopic (exact) mass is 378 g/mol. The molecule has 3 aromatic rings. The molecular formula is C15H12Cl2N6O2. The molecule has 0 atom stereocenters. The van der Waals surface area contributed by atoms with E-state index >= 15 is 0 Å². The van der Waals surface area contributed by atoms with Gasteiger partial charge in [-0.25, -0.2) is 9.97 Å². The third kappa shape index (κ3) is 4.11. The van der Waals surface area contributed by atoms with E-state index in [4.69, 9.17) is 33.4 Å². The number of amides is 1. The van der Waals surface area contributed by atoms with Gasteiger partial charge in [-0.15, -0.1) is 0 Å². The Bertz CT molecular complexity index is 881. The van der Waals surface area contributed by atoms with E-state index in [0.29, 0.717) is 21.6 Å². The van der Waals surface area contributed by atoms with E-state index in [1.54, 1.807) is 24.3 Å². The summed E-state index contributed by atoms with van der Waals surface area (Å²) < 4.78 is 4.99. The van der Waals surface area contributed by atoms with Crippen LogP contribution in [0.3, 0.4) is 0 Å². The van der Waals surface area contributed by atoms with Crippen molar-refractivity contribution in [1.29, 1.82) is 0 Å². The summed E-state index contributed by atoms with van der Waals surface area (Å²) in [5.74, 6) is 0.208. The van der Waals surface area contributed by atoms with Crippen molar-refractivity contribution in [3.8, 4) is 0 Å². The van der Waals surface area contributed by atoms with E-state index < -0.39 is 5.91 Å². The molecule has 0 aliphatic heterocycles. The van der Waals surface area contributed by atoms with Gasteiger partial charge < -0.3 is 15.5 Å². The molecule has 25 heavy (non-hydrogen) atoms. The zero-order valence-electron chi connectivity index (χ0n) is 12.6. The van der Waals surface area contributed by atoms with Crippen molar-refractivity contribution in [3.05, 3.63) is 58.7 Å². The highest BCUT2D eigenvalue weighted by atomic mass is 35.5. The van der Waals surface area contributed by atoms with Crippen molar-refractivity contribution in [2.75, 3.05) is 16.5 Å². The second-order valence-electron chi connectivity index (χ2n) is 4.82. The molecule has 8 nitrogen and oxygen atoms in total. The van der Waals surface area contributed by atoms with Crippen LogP contribution >= 0.6 is 23.2 Å². The van der Waals surface area contributed by atoms with Crippen molar-refractivity contribution in [2.24, 2.45) is 0 Å². The Hall–Kier alpha value is -2.97. The van der Waals surface area contributed by atoms with Crippen LogP contribution in [0.1, 0.15) is 10.6 Å². The number of benzene rings is 1. The second-order valence-corrected chi connectivity index (χ2v) is 5.70. The molecule has 128 valence electrons. The van der Waals surface area contributed by atoms with Gasteiger partial charge in [0.15, 0.2) is 17.4 Å². The predicted molar refractivity (Wildman–Crippen MR) is 96.0 cm³/mol. The Morgan fingerprint density at radius 3 is 2.52 bits per heavy atom. The summed E-state index contributed by atoms with van der Waals surface area (Å²) in [4.78, 5) is 19.9. The average molecular weight is 379 g/mol. The first-order chi connectivity index (χ1) is 12.0. The number of hydrogen-bond acceptors (Lipinski definition) is 7. The minimum absolute atomic E-state index is 0.145. The molecule has 0 spiro atoms. The van der Waals surface area contributed by atoms with E-state index in [1.807, 2.05) is 0 Å². The Balaban J connectivity index is 1.74.